The fourth-order valence-corrected chi connectivity index (χ4v) is 4.37. The number of carbonyl (C=O) groups is 1. The van der Waals surface area contributed by atoms with Gasteiger partial charge in [0.15, 0.2) is 0 Å². The fraction of sp³-hybridized carbons (Fsp3) is 0.370. The number of aromatic nitrogens is 2. The zero-order valence-electron chi connectivity index (χ0n) is 20.5. The maximum Gasteiger partial charge on any atom is 0.271 e. The predicted molar refractivity (Wildman–Crippen MR) is 136 cm³/mol. The van der Waals surface area contributed by atoms with Gasteiger partial charge in [0.1, 0.15) is 17.3 Å². The van der Waals surface area contributed by atoms with Crippen LogP contribution >= 0.6 is 0 Å². The van der Waals surface area contributed by atoms with Gasteiger partial charge in [-0.2, -0.15) is 4.68 Å². The quantitative estimate of drug-likeness (QED) is 0.537. The normalized spacial score (nSPS) is 15.5. The van der Waals surface area contributed by atoms with E-state index in [1.165, 1.54) is 16.3 Å². The average molecular weight is 477 g/mol. The molecule has 3 aromatic rings. The van der Waals surface area contributed by atoms with Crippen molar-refractivity contribution in [2.24, 2.45) is 5.92 Å². The minimum Gasteiger partial charge on any atom is -0.497 e. The number of rotatable bonds is 8. The summed E-state index contributed by atoms with van der Waals surface area (Å²) < 4.78 is 12.1. The van der Waals surface area contributed by atoms with Crippen LogP contribution in [0.2, 0.25) is 0 Å². The first-order valence-electron chi connectivity index (χ1n) is 12.0. The molecule has 35 heavy (non-hydrogen) atoms. The lowest BCUT2D eigenvalue weighted by atomic mass is 9.97. The Balaban J connectivity index is 1.45. The lowest BCUT2D eigenvalue weighted by Gasteiger charge is -2.33. The molecule has 0 bridgehead atoms. The smallest absolute Gasteiger partial charge is 0.271 e. The van der Waals surface area contributed by atoms with Gasteiger partial charge in [-0.05, 0) is 61.2 Å². The Bertz CT molecular complexity index is 1220. The molecule has 1 aliphatic rings. The maximum absolute atomic E-state index is 13.0. The monoisotopic (exact) mass is 476 g/mol. The van der Waals surface area contributed by atoms with Crippen LogP contribution in [0, 0.1) is 5.92 Å². The first kappa shape index (κ1) is 24.3. The molecule has 0 unspecified atom stereocenters. The third kappa shape index (κ3) is 5.65. The number of carbonyl (C=O) groups excluding carboxylic acids is 1. The second kappa shape index (κ2) is 11.1. The van der Waals surface area contributed by atoms with Crippen LogP contribution in [0.15, 0.2) is 59.4 Å². The van der Waals surface area contributed by atoms with E-state index < -0.39 is 0 Å². The molecule has 1 saturated heterocycles. The number of anilines is 1. The van der Waals surface area contributed by atoms with Gasteiger partial charge in [-0.3, -0.25) is 9.59 Å². The van der Waals surface area contributed by atoms with E-state index in [0.29, 0.717) is 30.4 Å². The van der Waals surface area contributed by atoms with Gasteiger partial charge in [-0.15, -0.1) is 5.10 Å². The Morgan fingerprint density at radius 1 is 1.09 bits per heavy atom. The molecule has 1 aromatic heterocycles. The number of piperidine rings is 1. The van der Waals surface area contributed by atoms with Crippen LogP contribution in [0.4, 0.5) is 5.82 Å². The molecule has 1 aliphatic heterocycles. The molecule has 0 radical (unpaired) electrons. The summed E-state index contributed by atoms with van der Waals surface area (Å²) in [5.74, 6) is 1.92. The van der Waals surface area contributed by atoms with Gasteiger partial charge in [-0.1, -0.05) is 19.1 Å². The highest BCUT2D eigenvalue weighted by Crippen LogP contribution is 2.25. The van der Waals surface area contributed by atoms with Crippen molar-refractivity contribution in [1.29, 1.82) is 0 Å². The maximum atomic E-state index is 13.0. The molecule has 8 heteroatoms. The predicted octanol–water partition coefficient (Wildman–Crippen LogP) is 3.34. The Labute approximate surface area is 205 Å². The number of ether oxygens (including phenoxy) is 2. The van der Waals surface area contributed by atoms with E-state index in [9.17, 15) is 9.59 Å². The molecule has 0 saturated carbocycles. The van der Waals surface area contributed by atoms with Crippen molar-refractivity contribution in [2.45, 2.75) is 32.7 Å². The summed E-state index contributed by atoms with van der Waals surface area (Å²) in [5.41, 5.74) is 2.61. The number of hydrogen-bond acceptors (Lipinski definition) is 6. The first-order chi connectivity index (χ1) is 17.0. The Kier molecular flexibility index (Phi) is 7.70. The van der Waals surface area contributed by atoms with Crippen molar-refractivity contribution in [3.05, 3.63) is 76.1 Å². The average Bonchev–Trinajstić information content (AvgIpc) is 2.92. The molecule has 0 spiro atoms. The van der Waals surface area contributed by atoms with E-state index in [2.05, 4.69) is 22.2 Å². The summed E-state index contributed by atoms with van der Waals surface area (Å²) in [7, 11) is 3.22. The molecule has 0 aliphatic carbocycles. The molecule has 2 heterocycles. The molecule has 1 atom stereocenters. The molecule has 1 N–H and O–H groups in total. The first-order valence-corrected chi connectivity index (χ1v) is 12.0. The van der Waals surface area contributed by atoms with Crippen LogP contribution in [0.5, 0.6) is 11.5 Å². The molecule has 8 nitrogen and oxygen atoms in total. The second-order valence-corrected chi connectivity index (χ2v) is 8.64. The van der Waals surface area contributed by atoms with E-state index >= 15 is 0 Å². The van der Waals surface area contributed by atoms with Gasteiger partial charge in [0.25, 0.3) is 5.56 Å². The third-order valence-corrected chi connectivity index (χ3v) is 6.43. The van der Waals surface area contributed by atoms with E-state index in [-0.39, 0.29) is 17.4 Å². The second-order valence-electron chi connectivity index (χ2n) is 8.64. The van der Waals surface area contributed by atoms with Crippen LogP contribution in [-0.4, -0.2) is 43.0 Å². The zero-order chi connectivity index (χ0) is 24.8. The Morgan fingerprint density at radius 2 is 1.89 bits per heavy atom. The highest BCUT2D eigenvalue weighted by molar-refractivity contribution is 5.79. The minimum atomic E-state index is -0.184. The molecule has 4 rings (SSSR count). The van der Waals surface area contributed by atoms with E-state index in [4.69, 9.17) is 9.47 Å². The van der Waals surface area contributed by atoms with Crippen molar-refractivity contribution in [3.63, 3.8) is 0 Å². The van der Waals surface area contributed by atoms with Gasteiger partial charge < -0.3 is 19.7 Å². The van der Waals surface area contributed by atoms with Gasteiger partial charge in [0.05, 0.1) is 25.8 Å². The van der Waals surface area contributed by atoms with Crippen molar-refractivity contribution in [1.82, 2.24) is 15.1 Å². The van der Waals surface area contributed by atoms with Gasteiger partial charge >= 0.3 is 0 Å². The third-order valence-electron chi connectivity index (χ3n) is 6.43. The summed E-state index contributed by atoms with van der Waals surface area (Å²) in [5, 5.41) is 7.67. The topological polar surface area (TPSA) is 85.7 Å². The van der Waals surface area contributed by atoms with E-state index in [1.54, 1.807) is 20.3 Å². The van der Waals surface area contributed by atoms with Crippen molar-refractivity contribution in [3.8, 4) is 17.2 Å². The van der Waals surface area contributed by atoms with Crippen LogP contribution in [0.1, 0.15) is 30.9 Å². The number of nitrogens with one attached hydrogen (secondary N) is 1. The molecule has 2 aromatic carbocycles. The number of benzene rings is 2. The van der Waals surface area contributed by atoms with Crippen LogP contribution in [-0.2, 0) is 17.8 Å². The summed E-state index contributed by atoms with van der Waals surface area (Å²) in [6.07, 6.45) is 2.60. The van der Waals surface area contributed by atoms with Crippen molar-refractivity contribution in [2.75, 3.05) is 32.2 Å². The molecule has 1 fully saturated rings. The lowest BCUT2D eigenvalue weighted by Crippen LogP contribution is -2.43. The number of methoxy groups -OCH3 is 2. The SMILES string of the molecule is CCc1ccc(-n2nc(N3CCC[C@H](C(=O)NCc4cc(OC)ccc4OC)C3)ccc2=O)cc1. The van der Waals surface area contributed by atoms with Gasteiger partial charge in [0, 0.05) is 31.3 Å². The largest absolute Gasteiger partial charge is 0.497 e. The number of aryl methyl sites for hydroxylation is 1. The Hall–Kier alpha value is -3.81. The Morgan fingerprint density at radius 3 is 2.60 bits per heavy atom. The van der Waals surface area contributed by atoms with Gasteiger partial charge in [0.2, 0.25) is 5.91 Å². The number of nitrogens with zero attached hydrogens (tertiary/aromatic N) is 3. The minimum absolute atomic E-state index is 0.0111. The lowest BCUT2D eigenvalue weighted by molar-refractivity contribution is -0.125. The molecule has 184 valence electrons. The zero-order valence-corrected chi connectivity index (χ0v) is 20.5. The standard InChI is InChI=1S/C27H32N4O4/c1-4-19-7-9-22(10-8-19)31-26(32)14-13-25(29-31)30-15-5-6-20(18-30)27(33)28-17-21-16-23(34-2)11-12-24(21)35-3/h7-14,16,20H,4-6,15,17-18H2,1-3H3,(H,28,33)/t20-/m0/s1. The van der Waals surface area contributed by atoms with Crippen molar-refractivity contribution >= 4 is 11.7 Å². The fourth-order valence-electron chi connectivity index (χ4n) is 4.37. The molecular formula is C27H32N4O4. The van der Waals surface area contributed by atoms with Crippen LogP contribution in [0.25, 0.3) is 5.69 Å². The summed E-state index contributed by atoms with van der Waals surface area (Å²) >= 11 is 0. The molecule has 1 amide bonds. The van der Waals surface area contributed by atoms with Gasteiger partial charge in [-0.25, -0.2) is 0 Å². The van der Waals surface area contributed by atoms with Crippen LogP contribution < -0.4 is 25.2 Å². The number of hydrogen-bond donors (Lipinski definition) is 1. The van der Waals surface area contributed by atoms with E-state index in [1.807, 2.05) is 42.5 Å². The summed E-state index contributed by atoms with van der Waals surface area (Å²) in [4.78, 5) is 27.6. The highest BCUT2D eigenvalue weighted by atomic mass is 16.5. The van der Waals surface area contributed by atoms with Crippen molar-refractivity contribution < 1.29 is 14.3 Å². The van der Waals surface area contributed by atoms with E-state index in [0.717, 1.165) is 37.1 Å². The summed E-state index contributed by atoms with van der Waals surface area (Å²) in [6, 6.07) is 16.6. The summed E-state index contributed by atoms with van der Waals surface area (Å²) in [6.45, 7) is 3.78. The highest BCUT2D eigenvalue weighted by Gasteiger charge is 2.27. The number of amides is 1. The molecular weight excluding hydrogens is 444 g/mol. The van der Waals surface area contributed by atoms with Crippen LogP contribution in [0.3, 0.4) is 0 Å².